The van der Waals surface area contributed by atoms with Crippen molar-refractivity contribution in [2.24, 2.45) is 0 Å². The summed E-state index contributed by atoms with van der Waals surface area (Å²) in [5.74, 6) is 0.457. The molecule has 1 amide bonds. The van der Waals surface area contributed by atoms with E-state index in [1.54, 1.807) is 19.2 Å². The molecular formula is C13H13N3O. The topological polar surface area (TPSA) is 54.0 Å². The molecule has 0 fully saturated rings. The van der Waals surface area contributed by atoms with Crippen molar-refractivity contribution in [2.45, 2.75) is 0 Å². The van der Waals surface area contributed by atoms with Gasteiger partial charge in [0.1, 0.15) is 11.5 Å². The standard InChI is InChI=1S/C13H13N3O/c1-14-13(17)11-8-5-9-12(16-11)15-10-6-3-2-4-7-10/h2-9H,1H3,(H,14,17)(H,15,16). The highest BCUT2D eigenvalue weighted by atomic mass is 16.1. The summed E-state index contributed by atoms with van der Waals surface area (Å²) in [7, 11) is 1.58. The van der Waals surface area contributed by atoms with Crippen LogP contribution >= 0.6 is 0 Å². The molecule has 2 rings (SSSR count). The van der Waals surface area contributed by atoms with Gasteiger partial charge in [0, 0.05) is 12.7 Å². The average molecular weight is 227 g/mol. The first-order valence-corrected chi connectivity index (χ1v) is 5.31. The lowest BCUT2D eigenvalue weighted by molar-refractivity contribution is 0.0958. The summed E-state index contributed by atoms with van der Waals surface area (Å²) < 4.78 is 0. The normalized spacial score (nSPS) is 9.71. The van der Waals surface area contributed by atoms with Crippen molar-refractivity contribution >= 4 is 17.4 Å². The van der Waals surface area contributed by atoms with Gasteiger partial charge in [-0.15, -0.1) is 0 Å². The van der Waals surface area contributed by atoms with Gasteiger partial charge in [0.15, 0.2) is 0 Å². The van der Waals surface area contributed by atoms with Crippen molar-refractivity contribution in [1.82, 2.24) is 10.3 Å². The largest absolute Gasteiger partial charge is 0.354 e. The Morgan fingerprint density at radius 3 is 2.53 bits per heavy atom. The quantitative estimate of drug-likeness (QED) is 0.845. The Balaban J connectivity index is 2.20. The molecule has 0 atom stereocenters. The third-order valence-electron chi connectivity index (χ3n) is 2.25. The first-order chi connectivity index (χ1) is 8.29. The van der Waals surface area contributed by atoms with Crippen LogP contribution in [0.1, 0.15) is 10.5 Å². The zero-order chi connectivity index (χ0) is 12.1. The number of rotatable bonds is 3. The summed E-state index contributed by atoms with van der Waals surface area (Å²) in [6.45, 7) is 0. The number of para-hydroxylation sites is 1. The maximum absolute atomic E-state index is 11.4. The van der Waals surface area contributed by atoms with Gasteiger partial charge in [0.2, 0.25) is 0 Å². The summed E-state index contributed by atoms with van der Waals surface area (Å²) >= 11 is 0. The van der Waals surface area contributed by atoms with Gasteiger partial charge in [0.25, 0.3) is 5.91 Å². The van der Waals surface area contributed by atoms with Crippen molar-refractivity contribution in [1.29, 1.82) is 0 Å². The first kappa shape index (κ1) is 11.1. The predicted molar refractivity (Wildman–Crippen MR) is 67.4 cm³/mol. The molecule has 0 spiro atoms. The van der Waals surface area contributed by atoms with Gasteiger partial charge in [-0.3, -0.25) is 4.79 Å². The van der Waals surface area contributed by atoms with Gasteiger partial charge >= 0.3 is 0 Å². The van der Waals surface area contributed by atoms with E-state index >= 15 is 0 Å². The van der Waals surface area contributed by atoms with Crippen LogP contribution in [0.5, 0.6) is 0 Å². The van der Waals surface area contributed by atoms with Crippen molar-refractivity contribution in [3.63, 3.8) is 0 Å². The molecule has 0 unspecified atom stereocenters. The molecule has 2 N–H and O–H groups in total. The van der Waals surface area contributed by atoms with E-state index in [1.807, 2.05) is 36.4 Å². The molecule has 1 heterocycles. The molecule has 1 aromatic heterocycles. The van der Waals surface area contributed by atoms with Crippen LogP contribution in [0.25, 0.3) is 0 Å². The molecule has 4 heteroatoms. The van der Waals surface area contributed by atoms with Gasteiger partial charge < -0.3 is 10.6 Å². The molecule has 1 aromatic carbocycles. The number of benzene rings is 1. The lowest BCUT2D eigenvalue weighted by Gasteiger charge is -2.06. The Kier molecular flexibility index (Phi) is 3.35. The Bertz CT molecular complexity index is 511. The molecule has 0 saturated heterocycles. The average Bonchev–Trinajstić information content (AvgIpc) is 2.39. The number of amides is 1. The second kappa shape index (κ2) is 5.12. The van der Waals surface area contributed by atoms with Crippen LogP contribution in [-0.2, 0) is 0 Å². The van der Waals surface area contributed by atoms with Crippen LogP contribution in [0.2, 0.25) is 0 Å². The molecule has 0 saturated carbocycles. The van der Waals surface area contributed by atoms with E-state index in [1.165, 1.54) is 0 Å². The number of anilines is 2. The zero-order valence-electron chi connectivity index (χ0n) is 9.47. The Hall–Kier alpha value is -2.36. The van der Waals surface area contributed by atoms with E-state index in [4.69, 9.17) is 0 Å². The number of hydrogen-bond acceptors (Lipinski definition) is 3. The summed E-state index contributed by atoms with van der Waals surface area (Å²) in [5.41, 5.74) is 1.34. The molecule has 2 aromatic rings. The van der Waals surface area contributed by atoms with Crippen LogP contribution in [0.15, 0.2) is 48.5 Å². The summed E-state index contributed by atoms with van der Waals surface area (Å²) in [4.78, 5) is 15.6. The monoisotopic (exact) mass is 227 g/mol. The van der Waals surface area contributed by atoms with E-state index in [9.17, 15) is 4.79 Å². The molecule has 0 bridgehead atoms. The SMILES string of the molecule is CNC(=O)c1cccc(Nc2ccccc2)n1. The number of carbonyl (C=O) groups excluding carboxylic acids is 1. The molecule has 4 nitrogen and oxygen atoms in total. The minimum atomic E-state index is -0.193. The van der Waals surface area contributed by atoms with Crippen molar-refractivity contribution in [3.05, 3.63) is 54.2 Å². The Morgan fingerprint density at radius 1 is 1.06 bits per heavy atom. The minimum Gasteiger partial charge on any atom is -0.354 e. The fourth-order valence-electron chi connectivity index (χ4n) is 1.43. The van der Waals surface area contributed by atoms with E-state index < -0.39 is 0 Å². The van der Waals surface area contributed by atoms with Crippen LogP contribution < -0.4 is 10.6 Å². The Morgan fingerprint density at radius 2 is 1.82 bits per heavy atom. The third kappa shape index (κ3) is 2.81. The lowest BCUT2D eigenvalue weighted by atomic mass is 10.3. The van der Waals surface area contributed by atoms with Crippen LogP contribution in [0.4, 0.5) is 11.5 Å². The van der Waals surface area contributed by atoms with Gasteiger partial charge in [-0.25, -0.2) is 4.98 Å². The first-order valence-electron chi connectivity index (χ1n) is 5.31. The number of hydrogen-bond donors (Lipinski definition) is 2. The number of nitrogens with zero attached hydrogens (tertiary/aromatic N) is 1. The number of carbonyl (C=O) groups is 1. The lowest BCUT2D eigenvalue weighted by Crippen LogP contribution is -2.19. The highest BCUT2D eigenvalue weighted by Gasteiger charge is 2.05. The molecule has 0 aliphatic carbocycles. The highest BCUT2D eigenvalue weighted by Crippen LogP contribution is 2.13. The summed E-state index contributed by atoms with van der Waals surface area (Å²) in [5, 5.41) is 5.68. The summed E-state index contributed by atoms with van der Waals surface area (Å²) in [6.07, 6.45) is 0. The second-order valence-electron chi connectivity index (χ2n) is 3.48. The fraction of sp³-hybridized carbons (Fsp3) is 0.0769. The minimum absolute atomic E-state index is 0.193. The smallest absolute Gasteiger partial charge is 0.269 e. The number of nitrogens with one attached hydrogen (secondary N) is 2. The summed E-state index contributed by atoms with van der Waals surface area (Å²) in [6, 6.07) is 15.0. The highest BCUT2D eigenvalue weighted by molar-refractivity contribution is 5.92. The van der Waals surface area contributed by atoms with Gasteiger partial charge in [-0.05, 0) is 24.3 Å². The van der Waals surface area contributed by atoms with E-state index in [0.29, 0.717) is 11.5 Å². The van der Waals surface area contributed by atoms with Crippen LogP contribution in [0, 0.1) is 0 Å². The van der Waals surface area contributed by atoms with Gasteiger partial charge in [-0.1, -0.05) is 24.3 Å². The van der Waals surface area contributed by atoms with Crippen molar-refractivity contribution < 1.29 is 4.79 Å². The zero-order valence-corrected chi connectivity index (χ0v) is 9.47. The van der Waals surface area contributed by atoms with Crippen molar-refractivity contribution in [3.8, 4) is 0 Å². The molecular weight excluding hydrogens is 214 g/mol. The molecule has 17 heavy (non-hydrogen) atoms. The molecule has 86 valence electrons. The van der Waals surface area contributed by atoms with Crippen LogP contribution in [-0.4, -0.2) is 17.9 Å². The van der Waals surface area contributed by atoms with E-state index in [0.717, 1.165) is 5.69 Å². The van der Waals surface area contributed by atoms with Crippen LogP contribution in [0.3, 0.4) is 0 Å². The molecule has 0 radical (unpaired) electrons. The number of aromatic nitrogens is 1. The number of pyridine rings is 1. The Labute approximate surface area is 99.7 Å². The van der Waals surface area contributed by atoms with Gasteiger partial charge in [0.05, 0.1) is 0 Å². The fourth-order valence-corrected chi connectivity index (χ4v) is 1.43. The predicted octanol–water partition coefficient (Wildman–Crippen LogP) is 2.18. The van der Waals surface area contributed by atoms with E-state index in [2.05, 4.69) is 15.6 Å². The third-order valence-corrected chi connectivity index (χ3v) is 2.25. The maximum Gasteiger partial charge on any atom is 0.269 e. The second-order valence-corrected chi connectivity index (χ2v) is 3.48. The van der Waals surface area contributed by atoms with E-state index in [-0.39, 0.29) is 5.91 Å². The maximum atomic E-state index is 11.4. The molecule has 0 aliphatic heterocycles. The van der Waals surface area contributed by atoms with Gasteiger partial charge in [-0.2, -0.15) is 0 Å². The molecule has 0 aliphatic rings. The van der Waals surface area contributed by atoms with Crippen molar-refractivity contribution in [2.75, 3.05) is 12.4 Å².